The number of H-pyrrole nitrogens is 1. The molecule has 0 fully saturated rings. The number of aromatic amines is 1. The highest BCUT2D eigenvalue weighted by Gasteiger charge is 2.18. The number of carbonyl (C=O) groups is 1. The highest BCUT2D eigenvalue weighted by molar-refractivity contribution is 6.30. The van der Waals surface area contributed by atoms with Gasteiger partial charge in [0.05, 0.1) is 17.4 Å². The van der Waals surface area contributed by atoms with E-state index < -0.39 is 5.82 Å². The molecule has 0 saturated carbocycles. The van der Waals surface area contributed by atoms with E-state index in [1.807, 2.05) is 12.1 Å². The zero-order chi connectivity index (χ0) is 21.8. The third-order valence-electron chi connectivity index (χ3n) is 4.94. The molecule has 1 N–H and O–H groups in total. The summed E-state index contributed by atoms with van der Waals surface area (Å²) in [4.78, 5) is 34.4. The van der Waals surface area contributed by atoms with Crippen LogP contribution in [0.2, 0.25) is 5.02 Å². The number of rotatable bonds is 6. The van der Waals surface area contributed by atoms with E-state index in [1.165, 1.54) is 18.2 Å². The highest BCUT2D eigenvalue weighted by Crippen LogP contribution is 2.14. The zero-order valence-corrected chi connectivity index (χ0v) is 17.3. The quantitative estimate of drug-likeness (QED) is 0.481. The fourth-order valence-corrected chi connectivity index (χ4v) is 3.49. The average molecular weight is 436 g/mol. The van der Waals surface area contributed by atoms with E-state index in [9.17, 15) is 14.0 Å². The molecule has 0 aliphatic rings. The van der Waals surface area contributed by atoms with E-state index in [0.29, 0.717) is 34.7 Å². The van der Waals surface area contributed by atoms with Gasteiger partial charge in [0.25, 0.3) is 11.5 Å². The maximum Gasteiger partial charge on any atom is 0.258 e. The summed E-state index contributed by atoms with van der Waals surface area (Å²) in [5, 5.41) is 1.12. The summed E-state index contributed by atoms with van der Waals surface area (Å²) in [7, 11) is 0. The molecular formula is C24H19ClFN3O2. The number of nitrogens with zero attached hydrogens (tertiary/aromatic N) is 2. The maximum absolute atomic E-state index is 13.7. The van der Waals surface area contributed by atoms with Crippen molar-refractivity contribution in [2.24, 2.45) is 0 Å². The molecule has 0 radical (unpaired) electrons. The molecule has 156 valence electrons. The molecule has 0 aliphatic carbocycles. The minimum Gasteiger partial charge on any atom is -0.331 e. The molecular weight excluding hydrogens is 417 g/mol. The lowest BCUT2D eigenvalue weighted by molar-refractivity contribution is 0.0740. The second-order valence-electron chi connectivity index (χ2n) is 7.14. The van der Waals surface area contributed by atoms with Crippen LogP contribution < -0.4 is 5.56 Å². The van der Waals surface area contributed by atoms with Crippen molar-refractivity contribution in [1.82, 2.24) is 14.9 Å². The minimum absolute atomic E-state index is 0.0863. The van der Waals surface area contributed by atoms with Gasteiger partial charge >= 0.3 is 0 Å². The van der Waals surface area contributed by atoms with Crippen molar-refractivity contribution in [3.8, 4) is 0 Å². The molecule has 1 heterocycles. The third-order valence-corrected chi connectivity index (χ3v) is 5.20. The first-order valence-electron chi connectivity index (χ1n) is 9.77. The average Bonchev–Trinajstić information content (AvgIpc) is 2.77. The predicted molar refractivity (Wildman–Crippen MR) is 119 cm³/mol. The SMILES string of the molecule is O=C(c1cccc(F)c1)N(CCc1ccc(Cl)cc1)Cc1nc2ccccc2c(=O)[nH]1. The Kier molecular flexibility index (Phi) is 6.09. The molecule has 5 nitrogen and oxygen atoms in total. The van der Waals surface area contributed by atoms with Crippen molar-refractivity contribution in [2.45, 2.75) is 13.0 Å². The van der Waals surface area contributed by atoms with E-state index in [2.05, 4.69) is 9.97 Å². The highest BCUT2D eigenvalue weighted by atomic mass is 35.5. The van der Waals surface area contributed by atoms with Gasteiger partial charge in [0.2, 0.25) is 0 Å². The molecule has 31 heavy (non-hydrogen) atoms. The van der Waals surface area contributed by atoms with Crippen molar-refractivity contribution in [1.29, 1.82) is 0 Å². The van der Waals surface area contributed by atoms with Crippen LogP contribution in [0.4, 0.5) is 4.39 Å². The standard InChI is InChI=1S/C24H19ClFN3O2/c25-18-10-8-16(9-11-18)12-13-29(24(31)17-4-3-5-19(26)14-17)15-22-27-21-7-2-1-6-20(21)23(30)28-22/h1-11,14H,12-13,15H2,(H,27,28,30). The molecule has 0 bridgehead atoms. The molecule has 4 aromatic rings. The van der Waals surface area contributed by atoms with Gasteiger partial charge in [-0.25, -0.2) is 9.37 Å². The summed E-state index contributed by atoms with van der Waals surface area (Å²) in [6.45, 7) is 0.441. The van der Waals surface area contributed by atoms with Crippen LogP contribution in [0.15, 0.2) is 77.6 Å². The van der Waals surface area contributed by atoms with E-state index >= 15 is 0 Å². The topological polar surface area (TPSA) is 66.1 Å². The van der Waals surface area contributed by atoms with Crippen LogP contribution in [0.25, 0.3) is 10.9 Å². The van der Waals surface area contributed by atoms with Crippen LogP contribution in [0, 0.1) is 5.82 Å². The van der Waals surface area contributed by atoms with Gasteiger partial charge in [-0.05, 0) is 54.4 Å². The van der Waals surface area contributed by atoms with Crippen molar-refractivity contribution in [3.05, 3.63) is 111 Å². The predicted octanol–water partition coefficient (Wildman–Crippen LogP) is 4.60. The molecule has 0 saturated heterocycles. The number of halogens is 2. The summed E-state index contributed by atoms with van der Waals surface area (Å²) in [6, 6.07) is 19.9. The number of fused-ring (bicyclic) bond motifs is 1. The number of aromatic nitrogens is 2. The second-order valence-corrected chi connectivity index (χ2v) is 7.58. The first-order chi connectivity index (χ1) is 15.0. The Labute approximate surface area is 183 Å². The molecule has 0 aliphatic heterocycles. The minimum atomic E-state index is -0.485. The monoisotopic (exact) mass is 435 g/mol. The largest absolute Gasteiger partial charge is 0.331 e. The Morgan fingerprint density at radius 2 is 1.81 bits per heavy atom. The van der Waals surface area contributed by atoms with Crippen LogP contribution in [0.1, 0.15) is 21.7 Å². The van der Waals surface area contributed by atoms with Crippen LogP contribution in [0.3, 0.4) is 0 Å². The van der Waals surface area contributed by atoms with Gasteiger partial charge in [0, 0.05) is 17.1 Å². The van der Waals surface area contributed by atoms with Crippen molar-refractivity contribution in [3.63, 3.8) is 0 Å². The molecule has 0 unspecified atom stereocenters. The Balaban J connectivity index is 1.63. The van der Waals surface area contributed by atoms with Gasteiger partial charge in [0.1, 0.15) is 11.6 Å². The van der Waals surface area contributed by atoms with Crippen molar-refractivity contribution in [2.75, 3.05) is 6.54 Å². The maximum atomic E-state index is 13.7. The number of amides is 1. The molecule has 3 aromatic carbocycles. The van der Waals surface area contributed by atoms with Gasteiger partial charge < -0.3 is 9.88 Å². The normalized spacial score (nSPS) is 10.9. The Bertz CT molecular complexity index is 1290. The number of benzene rings is 3. The Morgan fingerprint density at radius 1 is 1.03 bits per heavy atom. The van der Waals surface area contributed by atoms with E-state index in [4.69, 9.17) is 11.6 Å². The van der Waals surface area contributed by atoms with Gasteiger partial charge in [-0.2, -0.15) is 0 Å². The molecule has 0 spiro atoms. The fourth-order valence-electron chi connectivity index (χ4n) is 3.36. The number of hydrogen-bond donors (Lipinski definition) is 1. The van der Waals surface area contributed by atoms with E-state index in [0.717, 1.165) is 5.56 Å². The van der Waals surface area contributed by atoms with Gasteiger partial charge in [-0.15, -0.1) is 0 Å². The Hall–Kier alpha value is -3.51. The summed E-state index contributed by atoms with van der Waals surface area (Å²) in [5.41, 5.74) is 1.52. The van der Waals surface area contributed by atoms with E-state index in [-0.39, 0.29) is 23.6 Å². The number of hydrogen-bond acceptors (Lipinski definition) is 3. The Morgan fingerprint density at radius 3 is 2.58 bits per heavy atom. The summed E-state index contributed by atoms with van der Waals surface area (Å²) in [5.74, 6) is -0.463. The van der Waals surface area contributed by atoms with Gasteiger partial charge in [-0.1, -0.05) is 41.9 Å². The fraction of sp³-hybridized carbons (Fsp3) is 0.125. The lowest BCUT2D eigenvalue weighted by Crippen LogP contribution is -2.34. The summed E-state index contributed by atoms with van der Waals surface area (Å²) < 4.78 is 13.7. The molecule has 4 rings (SSSR count). The van der Waals surface area contributed by atoms with Crippen LogP contribution in [0.5, 0.6) is 0 Å². The molecule has 7 heteroatoms. The second kappa shape index (κ2) is 9.10. The van der Waals surface area contributed by atoms with Gasteiger partial charge in [0.15, 0.2) is 0 Å². The number of nitrogens with one attached hydrogen (secondary N) is 1. The van der Waals surface area contributed by atoms with Crippen LogP contribution in [-0.4, -0.2) is 27.3 Å². The summed E-state index contributed by atoms with van der Waals surface area (Å²) in [6.07, 6.45) is 0.566. The van der Waals surface area contributed by atoms with Crippen LogP contribution in [-0.2, 0) is 13.0 Å². The van der Waals surface area contributed by atoms with Crippen molar-refractivity contribution >= 4 is 28.4 Å². The first-order valence-corrected chi connectivity index (χ1v) is 10.1. The molecule has 0 atom stereocenters. The van der Waals surface area contributed by atoms with Gasteiger partial charge in [-0.3, -0.25) is 9.59 Å². The van der Waals surface area contributed by atoms with Crippen molar-refractivity contribution < 1.29 is 9.18 Å². The molecule has 1 aromatic heterocycles. The zero-order valence-electron chi connectivity index (χ0n) is 16.5. The lowest BCUT2D eigenvalue weighted by Gasteiger charge is -2.22. The number of carbonyl (C=O) groups excluding carboxylic acids is 1. The molecule has 1 amide bonds. The summed E-state index contributed by atoms with van der Waals surface area (Å²) >= 11 is 5.95. The van der Waals surface area contributed by atoms with E-state index in [1.54, 1.807) is 47.4 Å². The number of para-hydroxylation sites is 1. The first kappa shape index (κ1) is 20.8. The smallest absolute Gasteiger partial charge is 0.258 e. The lowest BCUT2D eigenvalue weighted by atomic mass is 10.1. The third kappa shape index (κ3) is 4.98. The van der Waals surface area contributed by atoms with Crippen LogP contribution >= 0.6 is 11.6 Å².